The minimum atomic E-state index is -1.24. The molecule has 0 aliphatic rings. The van der Waals surface area contributed by atoms with Gasteiger partial charge in [0.1, 0.15) is 0 Å². The first-order valence-electron chi connectivity index (χ1n) is 5.28. The molecule has 9 heteroatoms. The lowest BCUT2D eigenvalue weighted by Gasteiger charge is -2.13. The molecule has 1 rings (SSSR count). The molecule has 1 aromatic carbocycles. The standard InChI is InChI=1S/C11H11Cl2N3O4/c1-4(9(17)16-11(15)19)20-10(18)6-2-5(12)3-7(13)8(6)14/h2-4H,14H2,1H3,(H3,15,16,17,19)/t4-/m0/s1. The molecule has 0 unspecified atom stereocenters. The van der Waals surface area contributed by atoms with E-state index in [1.165, 1.54) is 19.1 Å². The van der Waals surface area contributed by atoms with E-state index in [1.807, 2.05) is 0 Å². The molecule has 0 aliphatic carbocycles. The lowest BCUT2D eigenvalue weighted by Crippen LogP contribution is -2.42. The monoisotopic (exact) mass is 319 g/mol. The normalized spacial score (nSPS) is 11.6. The number of amides is 3. The third kappa shape index (κ3) is 4.01. The van der Waals surface area contributed by atoms with Crippen molar-refractivity contribution in [2.75, 3.05) is 5.73 Å². The Bertz CT molecular complexity index is 577. The van der Waals surface area contributed by atoms with Gasteiger partial charge in [-0.25, -0.2) is 9.59 Å². The van der Waals surface area contributed by atoms with Crippen molar-refractivity contribution in [3.63, 3.8) is 0 Å². The summed E-state index contributed by atoms with van der Waals surface area (Å²) in [4.78, 5) is 33.7. The molecule has 3 amide bonds. The number of carbonyl (C=O) groups excluding carboxylic acids is 3. The number of ether oxygens (including phenoxy) is 1. The van der Waals surface area contributed by atoms with Gasteiger partial charge in [0.15, 0.2) is 6.10 Å². The Labute approximate surface area is 124 Å². The van der Waals surface area contributed by atoms with Gasteiger partial charge in [0, 0.05) is 5.02 Å². The van der Waals surface area contributed by atoms with Crippen LogP contribution < -0.4 is 16.8 Å². The quantitative estimate of drug-likeness (QED) is 0.572. The number of anilines is 1. The summed E-state index contributed by atoms with van der Waals surface area (Å²) in [5.41, 5.74) is 10.3. The predicted molar refractivity (Wildman–Crippen MR) is 73.5 cm³/mol. The minimum absolute atomic E-state index is 0.0245. The second-order valence-corrected chi connectivity index (χ2v) is 4.59. The molecule has 0 radical (unpaired) electrons. The second-order valence-electron chi connectivity index (χ2n) is 3.75. The second kappa shape index (κ2) is 6.44. The molecule has 1 atom stereocenters. The molecule has 1 aromatic rings. The van der Waals surface area contributed by atoms with Crippen LogP contribution in [0.15, 0.2) is 12.1 Å². The van der Waals surface area contributed by atoms with Crippen molar-refractivity contribution >= 4 is 46.8 Å². The van der Waals surface area contributed by atoms with Gasteiger partial charge in [0.2, 0.25) is 0 Å². The van der Waals surface area contributed by atoms with Crippen LogP contribution in [0.5, 0.6) is 0 Å². The third-order valence-corrected chi connectivity index (χ3v) is 2.74. The highest BCUT2D eigenvalue weighted by Gasteiger charge is 2.22. The lowest BCUT2D eigenvalue weighted by atomic mass is 10.2. The fourth-order valence-corrected chi connectivity index (χ4v) is 1.75. The van der Waals surface area contributed by atoms with Crippen LogP contribution in [0.4, 0.5) is 10.5 Å². The maximum absolute atomic E-state index is 11.9. The van der Waals surface area contributed by atoms with Crippen LogP contribution in [0.25, 0.3) is 0 Å². The number of benzene rings is 1. The Morgan fingerprint density at radius 2 is 1.90 bits per heavy atom. The fraction of sp³-hybridized carbons (Fsp3) is 0.182. The Morgan fingerprint density at radius 1 is 1.30 bits per heavy atom. The van der Waals surface area contributed by atoms with Crippen LogP contribution >= 0.6 is 23.2 Å². The van der Waals surface area contributed by atoms with Gasteiger partial charge in [-0.1, -0.05) is 23.2 Å². The number of halogens is 2. The summed E-state index contributed by atoms with van der Waals surface area (Å²) in [5, 5.41) is 2.04. The molecule has 0 bridgehead atoms. The van der Waals surface area contributed by atoms with E-state index in [9.17, 15) is 14.4 Å². The number of nitrogens with one attached hydrogen (secondary N) is 1. The lowest BCUT2D eigenvalue weighted by molar-refractivity contribution is -0.127. The van der Waals surface area contributed by atoms with E-state index in [0.29, 0.717) is 0 Å². The number of hydrogen-bond acceptors (Lipinski definition) is 5. The molecule has 108 valence electrons. The van der Waals surface area contributed by atoms with Crippen molar-refractivity contribution in [3.05, 3.63) is 27.7 Å². The molecule has 0 aromatic heterocycles. The molecule has 7 nitrogen and oxygen atoms in total. The first-order chi connectivity index (χ1) is 9.22. The zero-order valence-electron chi connectivity index (χ0n) is 10.3. The molecule has 0 fully saturated rings. The number of nitrogen functional groups attached to an aromatic ring is 1. The number of nitrogens with two attached hydrogens (primary N) is 2. The molecular weight excluding hydrogens is 309 g/mol. The summed E-state index contributed by atoms with van der Waals surface area (Å²) < 4.78 is 4.83. The highest BCUT2D eigenvalue weighted by molar-refractivity contribution is 6.37. The first-order valence-corrected chi connectivity index (χ1v) is 6.03. The number of esters is 1. The molecule has 0 saturated carbocycles. The Kier molecular flexibility index (Phi) is 5.18. The van der Waals surface area contributed by atoms with E-state index >= 15 is 0 Å². The molecule has 0 saturated heterocycles. The van der Waals surface area contributed by atoms with Gasteiger partial charge in [0.05, 0.1) is 16.3 Å². The van der Waals surface area contributed by atoms with Crippen molar-refractivity contribution in [1.29, 1.82) is 0 Å². The van der Waals surface area contributed by atoms with Gasteiger partial charge in [-0.2, -0.15) is 0 Å². The molecule has 0 spiro atoms. The molecular formula is C11H11Cl2N3O4. The summed E-state index contributed by atoms with van der Waals surface area (Å²) >= 11 is 11.5. The largest absolute Gasteiger partial charge is 0.449 e. The van der Waals surface area contributed by atoms with Gasteiger partial charge in [-0.05, 0) is 19.1 Å². The number of hydrogen-bond donors (Lipinski definition) is 3. The van der Waals surface area contributed by atoms with Crippen molar-refractivity contribution in [2.24, 2.45) is 5.73 Å². The van der Waals surface area contributed by atoms with Crippen molar-refractivity contribution in [1.82, 2.24) is 5.32 Å². The van der Waals surface area contributed by atoms with E-state index in [0.717, 1.165) is 0 Å². The Balaban J connectivity index is 2.87. The summed E-state index contributed by atoms with van der Waals surface area (Å²) in [6.45, 7) is 1.26. The number of primary amides is 1. The summed E-state index contributed by atoms with van der Waals surface area (Å²) in [5.74, 6) is -1.77. The number of rotatable bonds is 3. The van der Waals surface area contributed by atoms with Gasteiger partial charge >= 0.3 is 12.0 Å². The summed E-state index contributed by atoms with van der Waals surface area (Å²) in [7, 11) is 0. The zero-order chi connectivity index (χ0) is 15.4. The van der Waals surface area contributed by atoms with Gasteiger partial charge < -0.3 is 16.2 Å². The van der Waals surface area contributed by atoms with E-state index in [4.69, 9.17) is 39.4 Å². The maximum Gasteiger partial charge on any atom is 0.341 e. The van der Waals surface area contributed by atoms with Gasteiger partial charge in [-0.3, -0.25) is 10.1 Å². The van der Waals surface area contributed by atoms with Gasteiger partial charge in [0.25, 0.3) is 5.91 Å². The fourth-order valence-electron chi connectivity index (χ4n) is 1.25. The van der Waals surface area contributed by atoms with E-state index in [2.05, 4.69) is 0 Å². The summed E-state index contributed by atoms with van der Waals surface area (Å²) in [6, 6.07) is 1.56. The number of urea groups is 1. The SMILES string of the molecule is C[C@H](OC(=O)c1cc(Cl)cc(Cl)c1N)C(=O)NC(N)=O. The first kappa shape index (κ1) is 16.1. The van der Waals surface area contributed by atoms with E-state index in [-0.39, 0.29) is 21.3 Å². The van der Waals surface area contributed by atoms with Crippen molar-refractivity contribution < 1.29 is 19.1 Å². The highest BCUT2D eigenvalue weighted by atomic mass is 35.5. The van der Waals surface area contributed by atoms with Crippen LogP contribution in [-0.4, -0.2) is 24.0 Å². The Morgan fingerprint density at radius 3 is 2.45 bits per heavy atom. The predicted octanol–water partition coefficient (Wildman–Crippen LogP) is 1.32. The minimum Gasteiger partial charge on any atom is -0.449 e. The average molecular weight is 320 g/mol. The van der Waals surface area contributed by atoms with E-state index < -0.39 is 24.0 Å². The van der Waals surface area contributed by atoms with Crippen LogP contribution in [0.2, 0.25) is 10.0 Å². The highest BCUT2D eigenvalue weighted by Crippen LogP contribution is 2.28. The average Bonchev–Trinajstić information content (AvgIpc) is 2.32. The summed E-state index contributed by atoms with van der Waals surface area (Å²) in [6.07, 6.45) is -1.24. The van der Waals surface area contributed by atoms with Crippen molar-refractivity contribution in [3.8, 4) is 0 Å². The van der Waals surface area contributed by atoms with Crippen LogP contribution in [0.1, 0.15) is 17.3 Å². The van der Waals surface area contributed by atoms with Crippen LogP contribution in [-0.2, 0) is 9.53 Å². The van der Waals surface area contributed by atoms with Crippen LogP contribution in [0.3, 0.4) is 0 Å². The molecule has 5 N–H and O–H groups in total. The molecule has 0 aliphatic heterocycles. The number of imide groups is 1. The Hall–Kier alpha value is -1.99. The maximum atomic E-state index is 11.9. The van der Waals surface area contributed by atoms with E-state index in [1.54, 1.807) is 5.32 Å². The number of carbonyl (C=O) groups is 3. The molecule has 20 heavy (non-hydrogen) atoms. The van der Waals surface area contributed by atoms with Crippen LogP contribution in [0, 0.1) is 0 Å². The third-order valence-electron chi connectivity index (χ3n) is 2.21. The van der Waals surface area contributed by atoms with Gasteiger partial charge in [-0.15, -0.1) is 0 Å². The smallest absolute Gasteiger partial charge is 0.341 e. The molecule has 0 heterocycles. The topological polar surface area (TPSA) is 125 Å². The zero-order valence-corrected chi connectivity index (χ0v) is 11.8. The van der Waals surface area contributed by atoms with Crippen molar-refractivity contribution in [2.45, 2.75) is 13.0 Å².